The Balaban J connectivity index is 0.00000458. The van der Waals surface area contributed by atoms with Gasteiger partial charge >= 0.3 is 5.97 Å². The molecular weight excluding hydrogens is 510 g/mol. The van der Waals surface area contributed by atoms with E-state index < -0.39 is 28.2 Å². The molecule has 0 bridgehead atoms. The third-order valence-corrected chi connectivity index (χ3v) is 7.37. The van der Waals surface area contributed by atoms with Crippen molar-refractivity contribution < 1.29 is 19.1 Å². The highest BCUT2D eigenvalue weighted by Crippen LogP contribution is 2.34. The fourth-order valence-electron chi connectivity index (χ4n) is 3.88. The van der Waals surface area contributed by atoms with E-state index in [-0.39, 0.29) is 18.4 Å². The molecule has 222 valence electrons. The van der Waals surface area contributed by atoms with Gasteiger partial charge in [-0.25, -0.2) is 4.79 Å². The van der Waals surface area contributed by atoms with Gasteiger partial charge in [0, 0.05) is 29.7 Å². The lowest BCUT2D eigenvalue weighted by atomic mass is 9.85. The fraction of sp³-hybridized carbons (Fsp3) is 0.645. The van der Waals surface area contributed by atoms with Gasteiger partial charge in [0.2, 0.25) is 11.8 Å². The molecule has 2 amide bonds. The van der Waals surface area contributed by atoms with E-state index in [0.717, 1.165) is 5.75 Å². The molecule has 0 aliphatic heterocycles. The fourth-order valence-corrected chi connectivity index (χ4v) is 5.08. The Labute approximate surface area is 242 Å². The summed E-state index contributed by atoms with van der Waals surface area (Å²) in [6.07, 6.45) is 2.92. The number of carbonyl (C=O) groups is 3. The Morgan fingerprint density at radius 2 is 1.54 bits per heavy atom. The monoisotopic (exact) mass is 563 g/mol. The van der Waals surface area contributed by atoms with E-state index in [1.54, 1.807) is 38.7 Å². The molecule has 0 saturated heterocycles. The van der Waals surface area contributed by atoms with E-state index in [2.05, 4.69) is 45.1 Å². The molecule has 0 fully saturated rings. The van der Waals surface area contributed by atoms with Crippen LogP contribution in [0.15, 0.2) is 42.0 Å². The molecule has 2 unspecified atom stereocenters. The lowest BCUT2D eigenvalue weighted by Crippen LogP contribution is -2.61. The summed E-state index contributed by atoms with van der Waals surface area (Å²) in [5.74, 6) is -0.0216. The normalized spacial score (nSPS) is 13.6. The zero-order valence-electron chi connectivity index (χ0n) is 26.4. The van der Waals surface area contributed by atoms with Crippen LogP contribution in [0.4, 0.5) is 0 Å². The number of ether oxygens (including phenoxy) is 1. The summed E-state index contributed by atoms with van der Waals surface area (Å²) in [6, 6.07) is 8.98. The number of thioether (sulfide) groups is 1. The smallest absolute Gasteiger partial charge is 0.333 e. The van der Waals surface area contributed by atoms with Crippen molar-refractivity contribution in [2.24, 2.45) is 5.41 Å². The van der Waals surface area contributed by atoms with Crippen molar-refractivity contribution in [1.82, 2.24) is 15.1 Å². The third-order valence-electron chi connectivity index (χ3n) is 5.92. The molecule has 0 heterocycles. The highest BCUT2D eigenvalue weighted by atomic mass is 32.2. The van der Waals surface area contributed by atoms with E-state index in [4.69, 9.17) is 4.74 Å². The Hall–Kier alpha value is -2.32. The van der Waals surface area contributed by atoms with Gasteiger partial charge in [-0.2, -0.15) is 0 Å². The predicted octanol–water partition coefficient (Wildman–Crippen LogP) is 5.54. The van der Waals surface area contributed by atoms with Crippen LogP contribution in [-0.4, -0.2) is 78.7 Å². The second-order valence-corrected chi connectivity index (χ2v) is 13.2. The van der Waals surface area contributed by atoms with Gasteiger partial charge in [0.15, 0.2) is 0 Å². The molecular formula is C31H53N3O4S. The quantitative estimate of drug-likeness (QED) is 0.266. The average molecular weight is 564 g/mol. The first-order valence-corrected chi connectivity index (χ1v) is 14.7. The van der Waals surface area contributed by atoms with Gasteiger partial charge in [-0.05, 0) is 52.8 Å². The maximum absolute atomic E-state index is 13.6. The number of amides is 2. The van der Waals surface area contributed by atoms with Crippen molar-refractivity contribution in [3.8, 4) is 0 Å². The van der Waals surface area contributed by atoms with Gasteiger partial charge in [-0.15, -0.1) is 11.8 Å². The molecule has 1 aromatic rings. The summed E-state index contributed by atoms with van der Waals surface area (Å²) >= 11 is 1.71. The minimum absolute atomic E-state index is 0.189. The number of nitrogens with one attached hydrogen (secondary N) is 1. The van der Waals surface area contributed by atoms with Crippen LogP contribution < -0.4 is 5.32 Å². The van der Waals surface area contributed by atoms with Crippen LogP contribution in [0.3, 0.4) is 0 Å². The lowest BCUT2D eigenvalue weighted by molar-refractivity contribution is -0.140. The molecule has 0 radical (unpaired) electrons. The van der Waals surface area contributed by atoms with E-state index in [1.165, 1.54) is 16.9 Å². The minimum Gasteiger partial charge on any atom is -0.463 e. The number of nitrogens with zero attached hydrogens (tertiary/aromatic N) is 2. The molecule has 1 rings (SSSR count). The van der Waals surface area contributed by atoms with Crippen LogP contribution in [-0.2, 0) is 24.9 Å². The molecule has 2 atom stereocenters. The topological polar surface area (TPSA) is 79.0 Å². The second kappa shape index (κ2) is 17.4. The summed E-state index contributed by atoms with van der Waals surface area (Å²) in [7, 11) is 5.45. The number of hydrogen-bond acceptors (Lipinski definition) is 6. The summed E-state index contributed by atoms with van der Waals surface area (Å²) in [6.45, 7) is 18.1. The summed E-state index contributed by atoms with van der Waals surface area (Å²) in [5, 5.41) is 3.06. The number of hydrogen-bond donors (Lipinski definition) is 1. The molecule has 0 aliphatic carbocycles. The molecule has 39 heavy (non-hydrogen) atoms. The highest BCUT2D eigenvalue weighted by Gasteiger charge is 2.41. The van der Waals surface area contributed by atoms with Crippen molar-refractivity contribution in [2.75, 3.05) is 34.3 Å². The van der Waals surface area contributed by atoms with Crippen LogP contribution in [0.25, 0.3) is 0 Å². The first-order valence-electron chi connectivity index (χ1n) is 13.8. The number of rotatable bonds is 12. The SMILES string of the molecule is CCC.CCOC(=O)/C(C)=C/CN(C)C(=O)C(NC(=O)C(N(C)C)C(C)(C)SCc1ccccc1)C(C)(C)C. The van der Waals surface area contributed by atoms with Crippen molar-refractivity contribution in [3.63, 3.8) is 0 Å². The Bertz CT molecular complexity index is 924. The number of esters is 1. The standard InChI is InChI=1S/C28H45N3O4S.C3H8/c1-11-35-26(34)20(2)17-18-31(10)25(33)22(27(3,4)5)29-24(32)23(30(8)9)28(6,7)36-19-21-15-13-12-14-16-21;1-3-2/h12-17,22-23H,11,18-19H2,1-10H3,(H,29,32);3H2,1-2H3/b20-17+;. The number of benzene rings is 1. The average Bonchev–Trinajstić information content (AvgIpc) is 2.84. The van der Waals surface area contributed by atoms with Crippen LogP contribution in [0, 0.1) is 5.41 Å². The zero-order chi connectivity index (χ0) is 30.4. The van der Waals surface area contributed by atoms with Crippen molar-refractivity contribution in [1.29, 1.82) is 0 Å². The maximum Gasteiger partial charge on any atom is 0.333 e. The third kappa shape index (κ3) is 13.1. The molecule has 0 aliphatic rings. The van der Waals surface area contributed by atoms with Crippen LogP contribution in [0.2, 0.25) is 0 Å². The Morgan fingerprint density at radius 3 is 2.00 bits per heavy atom. The van der Waals surface area contributed by atoms with E-state index in [0.29, 0.717) is 12.2 Å². The van der Waals surface area contributed by atoms with Gasteiger partial charge in [-0.1, -0.05) is 77.4 Å². The van der Waals surface area contributed by atoms with Gasteiger partial charge in [0.05, 0.1) is 6.61 Å². The minimum atomic E-state index is -0.733. The van der Waals surface area contributed by atoms with E-state index in [9.17, 15) is 14.4 Å². The predicted molar refractivity (Wildman–Crippen MR) is 165 cm³/mol. The van der Waals surface area contributed by atoms with Crippen LogP contribution in [0.1, 0.15) is 74.3 Å². The van der Waals surface area contributed by atoms with Gasteiger partial charge in [0.1, 0.15) is 12.1 Å². The van der Waals surface area contributed by atoms with Gasteiger partial charge in [0.25, 0.3) is 0 Å². The summed E-state index contributed by atoms with van der Waals surface area (Å²) in [4.78, 5) is 42.4. The zero-order valence-corrected chi connectivity index (χ0v) is 27.2. The van der Waals surface area contributed by atoms with Crippen LogP contribution in [0.5, 0.6) is 0 Å². The van der Waals surface area contributed by atoms with Crippen LogP contribution >= 0.6 is 11.8 Å². The van der Waals surface area contributed by atoms with Crippen molar-refractivity contribution >= 4 is 29.5 Å². The van der Waals surface area contributed by atoms with Crippen molar-refractivity contribution in [2.45, 2.75) is 91.3 Å². The first-order chi connectivity index (χ1) is 18.0. The molecule has 8 heteroatoms. The Kier molecular flexibility index (Phi) is 16.4. The van der Waals surface area contributed by atoms with Gasteiger partial charge in [-0.3, -0.25) is 14.5 Å². The van der Waals surface area contributed by atoms with Gasteiger partial charge < -0.3 is 15.0 Å². The Morgan fingerprint density at radius 1 is 1.00 bits per heavy atom. The highest BCUT2D eigenvalue weighted by molar-refractivity contribution is 7.99. The molecule has 0 saturated carbocycles. The second-order valence-electron chi connectivity index (χ2n) is 11.6. The van der Waals surface area contributed by atoms with E-state index >= 15 is 0 Å². The van der Waals surface area contributed by atoms with Crippen molar-refractivity contribution in [3.05, 3.63) is 47.5 Å². The summed E-state index contributed by atoms with van der Waals surface area (Å²) in [5.41, 5.74) is 1.13. The lowest BCUT2D eigenvalue weighted by Gasteiger charge is -2.40. The maximum atomic E-state index is 13.6. The molecule has 7 nitrogen and oxygen atoms in total. The molecule has 0 spiro atoms. The summed E-state index contributed by atoms with van der Waals surface area (Å²) < 4.78 is 4.59. The number of likely N-dealkylation sites (N-methyl/N-ethyl adjacent to an activating group) is 2. The number of carbonyl (C=O) groups excluding carboxylic acids is 3. The molecule has 1 N–H and O–H groups in total. The molecule has 1 aromatic carbocycles. The van der Waals surface area contributed by atoms with E-state index in [1.807, 2.05) is 58.0 Å². The molecule has 0 aromatic heterocycles. The first kappa shape index (κ1) is 36.7. The largest absolute Gasteiger partial charge is 0.463 e.